The minimum atomic E-state index is -5.65. The van der Waals surface area contributed by atoms with Gasteiger partial charge in [0.2, 0.25) is 0 Å². The second kappa shape index (κ2) is 8.16. The Balaban J connectivity index is 0.00000240. The van der Waals surface area contributed by atoms with Crippen molar-refractivity contribution in [2.75, 3.05) is 13.1 Å². The SMILES string of the molecule is Cl.O=S(=O)(Oc1ccc2c(c1)CC1CC2CN(Cc2ccccc2)C1)C(F)(F)F. The summed E-state index contributed by atoms with van der Waals surface area (Å²) < 4.78 is 64.4. The average Bonchev–Trinajstić information content (AvgIpc) is 2.61. The molecule has 0 spiro atoms. The smallest absolute Gasteiger partial charge is 0.376 e. The monoisotopic (exact) mass is 447 g/mol. The Hall–Kier alpha value is -1.77. The third-order valence-corrected chi connectivity index (χ3v) is 6.39. The Morgan fingerprint density at radius 2 is 1.79 bits per heavy atom. The van der Waals surface area contributed by atoms with Crippen LogP contribution in [0.15, 0.2) is 48.5 Å². The molecule has 1 aliphatic heterocycles. The Bertz CT molecular complexity index is 967. The molecule has 2 atom stereocenters. The lowest BCUT2D eigenvalue weighted by Crippen LogP contribution is -2.42. The van der Waals surface area contributed by atoms with Crippen molar-refractivity contribution in [2.24, 2.45) is 5.92 Å². The van der Waals surface area contributed by atoms with Crippen LogP contribution in [0.5, 0.6) is 5.75 Å². The highest BCUT2D eigenvalue weighted by atomic mass is 35.5. The summed E-state index contributed by atoms with van der Waals surface area (Å²) in [4.78, 5) is 2.41. The van der Waals surface area contributed by atoms with E-state index in [1.807, 2.05) is 18.2 Å². The molecule has 2 aliphatic rings. The molecule has 0 N–H and O–H groups in total. The average molecular weight is 448 g/mol. The maximum Gasteiger partial charge on any atom is 0.534 e. The van der Waals surface area contributed by atoms with E-state index in [4.69, 9.17) is 0 Å². The summed E-state index contributed by atoms with van der Waals surface area (Å²) in [7, 11) is -5.65. The second-order valence-electron chi connectivity index (χ2n) is 7.53. The van der Waals surface area contributed by atoms with Crippen molar-refractivity contribution >= 4 is 22.5 Å². The largest absolute Gasteiger partial charge is 0.534 e. The van der Waals surface area contributed by atoms with Gasteiger partial charge in [0.15, 0.2) is 0 Å². The maximum atomic E-state index is 12.5. The highest BCUT2D eigenvalue weighted by Gasteiger charge is 2.48. The first-order valence-electron chi connectivity index (χ1n) is 9.11. The van der Waals surface area contributed by atoms with Crippen molar-refractivity contribution in [2.45, 2.75) is 30.8 Å². The quantitative estimate of drug-likeness (QED) is 0.511. The lowest BCUT2D eigenvalue weighted by molar-refractivity contribution is -0.0500. The van der Waals surface area contributed by atoms with Crippen LogP contribution in [0.2, 0.25) is 0 Å². The molecule has 2 bridgehead atoms. The zero-order valence-electron chi connectivity index (χ0n) is 15.4. The molecule has 2 unspecified atom stereocenters. The first-order chi connectivity index (χ1) is 13.2. The van der Waals surface area contributed by atoms with Gasteiger partial charge in [0.1, 0.15) is 5.75 Å². The molecule has 0 amide bonds. The number of likely N-dealkylation sites (tertiary alicyclic amines) is 1. The highest BCUT2D eigenvalue weighted by molar-refractivity contribution is 7.88. The number of hydrogen-bond donors (Lipinski definition) is 0. The van der Waals surface area contributed by atoms with E-state index < -0.39 is 15.6 Å². The first kappa shape index (κ1) is 21.9. The van der Waals surface area contributed by atoms with Crippen LogP contribution in [0.4, 0.5) is 13.2 Å². The van der Waals surface area contributed by atoms with Crippen molar-refractivity contribution in [3.8, 4) is 5.75 Å². The third kappa shape index (κ3) is 4.70. The van der Waals surface area contributed by atoms with E-state index in [0.29, 0.717) is 18.3 Å². The van der Waals surface area contributed by atoms with Crippen molar-refractivity contribution in [3.05, 3.63) is 65.2 Å². The molecule has 0 aromatic heterocycles. The first-order valence-corrected chi connectivity index (χ1v) is 10.5. The molecular weight excluding hydrogens is 427 g/mol. The molecule has 0 saturated carbocycles. The van der Waals surface area contributed by atoms with E-state index in [9.17, 15) is 21.6 Å². The van der Waals surface area contributed by atoms with Gasteiger partial charge in [-0.1, -0.05) is 36.4 Å². The molecule has 1 heterocycles. The summed E-state index contributed by atoms with van der Waals surface area (Å²) in [5, 5.41) is 0. The summed E-state index contributed by atoms with van der Waals surface area (Å²) in [6.07, 6.45) is 1.75. The van der Waals surface area contributed by atoms with Crippen LogP contribution in [0.1, 0.15) is 29.0 Å². The zero-order valence-corrected chi connectivity index (χ0v) is 17.1. The molecule has 158 valence electrons. The van der Waals surface area contributed by atoms with Crippen molar-refractivity contribution in [1.82, 2.24) is 4.90 Å². The van der Waals surface area contributed by atoms with Crippen molar-refractivity contribution in [3.63, 3.8) is 0 Å². The molecule has 2 aromatic rings. The van der Waals surface area contributed by atoms with Crippen LogP contribution in [0.3, 0.4) is 0 Å². The summed E-state index contributed by atoms with van der Waals surface area (Å²) in [6.45, 7) is 2.66. The molecule has 4 rings (SSSR count). The van der Waals surface area contributed by atoms with E-state index in [1.165, 1.54) is 17.7 Å². The number of halogens is 4. The Labute approximate surface area is 174 Å². The zero-order chi connectivity index (χ0) is 19.9. The van der Waals surface area contributed by atoms with E-state index in [0.717, 1.165) is 37.2 Å². The normalized spacial score (nSPS) is 21.8. The molecule has 9 heteroatoms. The van der Waals surface area contributed by atoms with E-state index >= 15 is 0 Å². The molecule has 29 heavy (non-hydrogen) atoms. The molecule has 0 radical (unpaired) electrons. The standard InChI is InChI=1S/C20H20F3NO3S.ClH/c21-20(22,23)28(25,26)27-18-6-7-19-16(10-18)8-15-9-17(19)13-24(12-15)11-14-4-2-1-3-5-14;/h1-7,10,15,17H,8-9,11-13H2;1H. The van der Waals surface area contributed by atoms with E-state index in [2.05, 4.69) is 21.2 Å². The fourth-order valence-corrected chi connectivity index (χ4v) is 4.79. The number of benzene rings is 2. The predicted molar refractivity (Wildman–Crippen MR) is 106 cm³/mol. The lowest BCUT2D eigenvalue weighted by Gasteiger charge is -2.42. The van der Waals surface area contributed by atoms with Crippen molar-refractivity contribution < 1.29 is 25.8 Å². The summed E-state index contributed by atoms with van der Waals surface area (Å²) in [6, 6.07) is 14.7. The Morgan fingerprint density at radius 1 is 1.07 bits per heavy atom. The number of fused-ring (bicyclic) bond motifs is 4. The second-order valence-corrected chi connectivity index (χ2v) is 9.06. The van der Waals surface area contributed by atoms with Gasteiger partial charge in [-0.2, -0.15) is 21.6 Å². The van der Waals surface area contributed by atoms with E-state index in [1.54, 1.807) is 6.07 Å². The molecule has 2 aromatic carbocycles. The number of rotatable bonds is 4. The number of alkyl halides is 3. The van der Waals surface area contributed by atoms with Crippen LogP contribution in [-0.4, -0.2) is 31.9 Å². The third-order valence-electron chi connectivity index (χ3n) is 5.41. The van der Waals surface area contributed by atoms with Crippen molar-refractivity contribution in [1.29, 1.82) is 0 Å². The van der Waals surface area contributed by atoms with Gasteiger partial charge in [0.25, 0.3) is 0 Å². The van der Waals surface area contributed by atoms with Gasteiger partial charge in [0, 0.05) is 19.6 Å². The van der Waals surface area contributed by atoms with Gasteiger partial charge in [0.05, 0.1) is 0 Å². The van der Waals surface area contributed by atoms with Crippen LogP contribution in [0.25, 0.3) is 0 Å². The lowest BCUT2D eigenvalue weighted by atomic mass is 9.74. The molecular formula is C20H21ClF3NO3S. The van der Waals surface area contributed by atoms with Gasteiger partial charge >= 0.3 is 15.6 Å². The Morgan fingerprint density at radius 3 is 2.48 bits per heavy atom. The topological polar surface area (TPSA) is 46.6 Å². The highest BCUT2D eigenvalue weighted by Crippen LogP contribution is 2.41. The number of nitrogens with zero attached hydrogens (tertiary/aromatic N) is 1. The fraction of sp³-hybridized carbons (Fsp3) is 0.400. The van der Waals surface area contributed by atoms with Gasteiger partial charge in [-0.25, -0.2) is 0 Å². The van der Waals surface area contributed by atoms with Gasteiger partial charge in [-0.05, 0) is 53.5 Å². The number of piperidine rings is 1. The predicted octanol–water partition coefficient (Wildman–Crippen LogP) is 4.50. The summed E-state index contributed by atoms with van der Waals surface area (Å²) >= 11 is 0. The van der Waals surface area contributed by atoms with Gasteiger partial charge in [-0.3, -0.25) is 4.90 Å². The van der Waals surface area contributed by atoms with Gasteiger partial charge in [-0.15, -0.1) is 12.4 Å². The molecule has 4 nitrogen and oxygen atoms in total. The van der Waals surface area contributed by atoms with Crippen LogP contribution >= 0.6 is 12.4 Å². The summed E-state index contributed by atoms with van der Waals surface area (Å²) in [5.41, 5.74) is -2.22. The fourth-order valence-electron chi connectivity index (χ4n) is 4.34. The number of hydrogen-bond acceptors (Lipinski definition) is 4. The molecule has 1 aliphatic carbocycles. The van der Waals surface area contributed by atoms with E-state index in [-0.39, 0.29) is 18.2 Å². The van der Waals surface area contributed by atoms with Crippen LogP contribution < -0.4 is 4.18 Å². The summed E-state index contributed by atoms with van der Waals surface area (Å²) in [5.74, 6) is 0.404. The minimum absolute atomic E-state index is 0. The minimum Gasteiger partial charge on any atom is -0.376 e. The van der Waals surface area contributed by atoms with Crippen LogP contribution in [0, 0.1) is 5.92 Å². The van der Waals surface area contributed by atoms with Crippen LogP contribution in [-0.2, 0) is 23.1 Å². The molecule has 1 saturated heterocycles. The Kier molecular flexibility index (Phi) is 6.17. The maximum absolute atomic E-state index is 12.5. The molecule has 1 fully saturated rings. The van der Waals surface area contributed by atoms with Gasteiger partial charge < -0.3 is 4.18 Å².